The van der Waals surface area contributed by atoms with Crippen LogP contribution in [0.5, 0.6) is 34.5 Å². The lowest BCUT2D eigenvalue weighted by Crippen LogP contribution is -2.03. The van der Waals surface area contributed by atoms with E-state index >= 15 is 0 Å². The van der Waals surface area contributed by atoms with E-state index < -0.39 is 0 Å². The van der Waals surface area contributed by atoms with Crippen molar-refractivity contribution in [3.63, 3.8) is 0 Å². The summed E-state index contributed by atoms with van der Waals surface area (Å²) in [5.74, 6) is 2.83. The van der Waals surface area contributed by atoms with E-state index in [1.54, 1.807) is 65.1 Å². The third kappa shape index (κ3) is 10.5. The lowest BCUT2D eigenvalue weighted by Gasteiger charge is -2.15. The van der Waals surface area contributed by atoms with E-state index in [1.165, 1.54) is 22.7 Å². The zero-order chi connectivity index (χ0) is 39.3. The topological polar surface area (TPSA) is 130 Å². The van der Waals surface area contributed by atoms with Crippen LogP contribution in [0.25, 0.3) is 22.5 Å². The predicted octanol–water partition coefficient (Wildman–Crippen LogP) is 10.2. The summed E-state index contributed by atoms with van der Waals surface area (Å²) >= 11 is 14.9. The maximum atomic E-state index is 6.04. The Morgan fingerprint density at radius 1 is 0.571 bits per heavy atom. The molecule has 6 rings (SSSR count). The fraction of sp³-hybridized carbons (Fsp3) is 0.150. The molecule has 56 heavy (non-hydrogen) atoms. The van der Waals surface area contributed by atoms with Crippen molar-refractivity contribution in [1.82, 2.24) is 9.97 Å². The molecule has 0 fully saturated rings. The number of nitrogens with zero attached hydrogens (tertiary/aromatic N) is 4. The summed E-state index contributed by atoms with van der Waals surface area (Å²) in [5.41, 5.74) is 11.0. The molecule has 0 saturated carbocycles. The lowest BCUT2D eigenvalue weighted by molar-refractivity contribution is 0.294. The van der Waals surface area contributed by atoms with Crippen molar-refractivity contribution < 1.29 is 28.4 Å². The van der Waals surface area contributed by atoms with Gasteiger partial charge in [-0.05, 0) is 60.7 Å². The Kier molecular flexibility index (Phi) is 14.0. The van der Waals surface area contributed by atoms with E-state index in [0.29, 0.717) is 54.8 Å². The van der Waals surface area contributed by atoms with Crippen LogP contribution < -0.4 is 39.3 Å². The van der Waals surface area contributed by atoms with E-state index in [1.807, 2.05) is 71.4 Å². The third-order valence-electron chi connectivity index (χ3n) is 7.82. The minimum atomic E-state index is 0.224. The van der Waals surface area contributed by atoms with Crippen LogP contribution in [0.15, 0.2) is 106 Å². The number of hydrogen-bond acceptors (Lipinski definition) is 14. The normalized spacial score (nSPS) is 11.3. The molecule has 2 N–H and O–H groups in total. The number of ether oxygens (including phenoxy) is 6. The first-order valence-corrected chi connectivity index (χ1v) is 19.3. The zero-order valence-corrected chi connectivity index (χ0v) is 33.8. The molecule has 0 aliphatic heterocycles. The van der Waals surface area contributed by atoms with Crippen molar-refractivity contribution >= 4 is 68.6 Å². The van der Waals surface area contributed by atoms with Crippen LogP contribution in [0, 0.1) is 0 Å². The van der Waals surface area contributed by atoms with E-state index in [0.717, 1.165) is 33.6 Å². The number of halogens is 2. The molecule has 12 nitrogen and oxygen atoms in total. The Bertz CT molecular complexity index is 2100. The Hall–Kier alpha value is -5.80. The maximum Gasteiger partial charge on any atom is 0.203 e. The highest BCUT2D eigenvalue weighted by Gasteiger charge is 2.15. The molecule has 2 aromatic heterocycles. The van der Waals surface area contributed by atoms with Crippen LogP contribution in [-0.2, 0) is 0 Å². The zero-order valence-electron chi connectivity index (χ0n) is 30.6. The van der Waals surface area contributed by atoms with Crippen molar-refractivity contribution in [3.8, 4) is 57.0 Å². The van der Waals surface area contributed by atoms with Gasteiger partial charge in [0.1, 0.15) is 13.2 Å². The summed E-state index contributed by atoms with van der Waals surface area (Å²) in [7, 11) is 6.25. The summed E-state index contributed by atoms with van der Waals surface area (Å²) in [4.78, 5) is 9.17. The number of methoxy groups -OCH3 is 4. The summed E-state index contributed by atoms with van der Waals surface area (Å²) in [5, 5.41) is 15.2. The average Bonchev–Trinajstić information content (AvgIpc) is 3.90. The first-order valence-electron chi connectivity index (χ1n) is 16.8. The van der Waals surface area contributed by atoms with Gasteiger partial charge in [0.15, 0.2) is 23.0 Å². The largest absolute Gasteiger partial charge is 0.493 e. The van der Waals surface area contributed by atoms with Gasteiger partial charge in [-0.2, -0.15) is 10.2 Å². The molecule has 0 aliphatic rings. The summed E-state index contributed by atoms with van der Waals surface area (Å²) in [6.07, 6.45) is 6.95. The van der Waals surface area contributed by atoms with Crippen molar-refractivity contribution in [2.45, 2.75) is 0 Å². The van der Waals surface area contributed by atoms with Crippen LogP contribution in [0.1, 0.15) is 11.1 Å². The minimum absolute atomic E-state index is 0.224. The van der Waals surface area contributed by atoms with E-state index in [2.05, 4.69) is 31.0 Å². The van der Waals surface area contributed by atoms with Gasteiger partial charge in [-0.3, -0.25) is 10.9 Å². The molecule has 4 aromatic carbocycles. The molecule has 0 spiro atoms. The van der Waals surface area contributed by atoms with Crippen molar-refractivity contribution in [1.29, 1.82) is 0 Å². The summed E-state index contributed by atoms with van der Waals surface area (Å²) in [6, 6.07) is 22.2. The molecule has 0 aliphatic carbocycles. The van der Waals surface area contributed by atoms with E-state index in [-0.39, 0.29) is 13.2 Å². The van der Waals surface area contributed by atoms with Gasteiger partial charge in [-0.15, -0.1) is 22.7 Å². The first kappa shape index (κ1) is 39.9. The summed E-state index contributed by atoms with van der Waals surface area (Å²) < 4.78 is 34.5. The molecule has 0 saturated heterocycles. The van der Waals surface area contributed by atoms with Crippen LogP contribution in [0.3, 0.4) is 0 Å². The van der Waals surface area contributed by atoms with Crippen LogP contribution in [-0.4, -0.2) is 64.1 Å². The predicted molar refractivity (Wildman–Crippen MR) is 227 cm³/mol. The molecule has 0 atom stereocenters. The number of aromatic nitrogens is 2. The monoisotopic (exact) mass is 830 g/mol. The van der Waals surface area contributed by atoms with Crippen LogP contribution in [0.4, 0.5) is 10.3 Å². The molecule has 0 unspecified atom stereocenters. The van der Waals surface area contributed by atoms with Crippen LogP contribution in [0.2, 0.25) is 10.0 Å². The van der Waals surface area contributed by atoms with E-state index in [9.17, 15) is 0 Å². The number of thiazole rings is 2. The van der Waals surface area contributed by atoms with Gasteiger partial charge in [-0.25, -0.2) is 9.97 Å². The van der Waals surface area contributed by atoms with Gasteiger partial charge >= 0.3 is 0 Å². The van der Waals surface area contributed by atoms with Crippen molar-refractivity contribution in [3.05, 3.63) is 117 Å². The average molecular weight is 832 g/mol. The van der Waals surface area contributed by atoms with E-state index in [4.69, 9.17) is 51.6 Å². The van der Waals surface area contributed by atoms with Gasteiger partial charge in [0.2, 0.25) is 21.8 Å². The fourth-order valence-electron chi connectivity index (χ4n) is 5.11. The summed E-state index contributed by atoms with van der Waals surface area (Å²) in [6.45, 7) is 0.448. The Morgan fingerprint density at radius 3 is 1.27 bits per heavy atom. The molecule has 288 valence electrons. The molecule has 0 radical (unpaired) electrons. The molecule has 0 amide bonds. The third-order valence-corrected chi connectivity index (χ3v) is 9.81. The molecule has 16 heteroatoms. The smallest absolute Gasteiger partial charge is 0.203 e. The van der Waals surface area contributed by atoms with Crippen molar-refractivity contribution in [2.24, 2.45) is 10.2 Å². The molecular weight excluding hydrogens is 796 g/mol. The lowest BCUT2D eigenvalue weighted by atomic mass is 10.2. The number of anilines is 2. The molecule has 6 aromatic rings. The number of rotatable bonds is 18. The first-order chi connectivity index (χ1) is 27.4. The minimum Gasteiger partial charge on any atom is -0.493 e. The quantitative estimate of drug-likeness (QED) is 0.0490. The second kappa shape index (κ2) is 19.7. The van der Waals surface area contributed by atoms with Gasteiger partial charge in [-0.1, -0.05) is 47.5 Å². The Balaban J connectivity index is 1.01. The maximum absolute atomic E-state index is 6.04. The Morgan fingerprint density at radius 2 is 0.929 bits per heavy atom. The number of nitrogens with one attached hydrogen (secondary N) is 2. The van der Waals surface area contributed by atoms with Gasteiger partial charge in [0.05, 0.1) is 52.3 Å². The number of hydrogen-bond donors (Lipinski definition) is 2. The Labute approximate surface area is 342 Å². The molecule has 2 heterocycles. The second-order valence-corrected chi connectivity index (χ2v) is 14.0. The molecular formula is C40H36Cl2N6O6S2. The SMILES string of the molecule is COc1cc(/C=N/Nc2nc(-c3ccc(Cl)cc3)cs2)cc(OC)c1OC/C=C/COc1c(OC)cc(/C=N/Nc2nc(-c3ccc(Cl)cc3)cs2)cc1OC. The number of benzene rings is 4. The highest BCUT2D eigenvalue weighted by Crippen LogP contribution is 2.39. The number of hydrazone groups is 2. The van der Waals surface area contributed by atoms with Crippen molar-refractivity contribution in [2.75, 3.05) is 52.5 Å². The van der Waals surface area contributed by atoms with Crippen LogP contribution >= 0.6 is 45.9 Å². The second-order valence-electron chi connectivity index (χ2n) is 11.4. The highest BCUT2D eigenvalue weighted by molar-refractivity contribution is 7.14. The fourth-order valence-corrected chi connectivity index (χ4v) is 6.70. The van der Waals surface area contributed by atoms with Gasteiger partial charge < -0.3 is 28.4 Å². The van der Waals surface area contributed by atoms with Gasteiger partial charge in [0.25, 0.3) is 0 Å². The standard InChI is InChI=1S/C40H36Cl2N6O6S2/c1-49-33-17-25(21-43-47-39-45-31(23-55-39)27-7-11-29(41)12-8-27)18-34(50-2)37(33)53-15-5-6-16-54-38-35(51-3)19-26(20-36(38)52-4)22-44-48-40-46-32(24-56-40)28-9-13-30(42)14-10-28/h5-14,17-24H,15-16H2,1-4H3,(H,45,47)(H,46,48)/b6-5+,43-21+,44-22+. The molecule has 0 bridgehead atoms. The highest BCUT2D eigenvalue weighted by atomic mass is 35.5. The van der Waals surface area contributed by atoms with Gasteiger partial charge in [0, 0.05) is 43.1 Å².